The third kappa shape index (κ3) is 23.7. The smallest absolute Gasteiger partial charge is 0.395 e. The summed E-state index contributed by atoms with van der Waals surface area (Å²) in [5, 5.41) is 0. The van der Waals surface area contributed by atoms with E-state index in [2.05, 4.69) is 20.0 Å². The van der Waals surface area contributed by atoms with Gasteiger partial charge >= 0.3 is 6.18 Å². The van der Waals surface area contributed by atoms with Crippen LogP contribution in [-0.4, -0.2) is 26.2 Å². The van der Waals surface area contributed by atoms with Crippen LogP contribution in [0.15, 0.2) is 12.2 Å². The van der Waals surface area contributed by atoms with Gasteiger partial charge in [0.15, 0.2) is 0 Å². The average molecular weight is 472 g/mol. The molecular weight excluding hydrogens is 446 g/mol. The average Bonchev–Trinajstić information content (AvgIpc) is 2.18. The van der Waals surface area contributed by atoms with Crippen molar-refractivity contribution in [3.05, 3.63) is 37.5 Å². The third-order valence-corrected chi connectivity index (χ3v) is 1.51. The van der Waals surface area contributed by atoms with Crippen LogP contribution >= 0.6 is 7.92 Å². The molecule has 0 heterocycles. The molecule has 0 bridgehead atoms. The van der Waals surface area contributed by atoms with E-state index in [1.807, 2.05) is 0 Å². The first-order valence-electron chi connectivity index (χ1n) is 5.42. The molecular formula is C12H25F3NOPW-2. The molecule has 1 aliphatic rings. The number of nitroso groups, excluding NO2 is 1. The van der Waals surface area contributed by atoms with Crippen molar-refractivity contribution in [2.45, 2.75) is 25.4 Å². The minimum absolute atomic E-state index is 0. The van der Waals surface area contributed by atoms with E-state index < -0.39 is 18.5 Å². The van der Waals surface area contributed by atoms with Crippen LogP contribution in [0.5, 0.6) is 0 Å². The summed E-state index contributed by atoms with van der Waals surface area (Å²) in [6.45, 7) is 6.81. The molecule has 0 fully saturated rings. The molecule has 0 unspecified atom stereocenters. The van der Waals surface area contributed by atoms with E-state index in [-0.39, 0.29) is 50.3 Å². The van der Waals surface area contributed by atoms with Gasteiger partial charge in [0, 0.05) is 42.4 Å². The van der Waals surface area contributed by atoms with Crippen molar-refractivity contribution < 1.29 is 35.6 Å². The van der Waals surface area contributed by atoms with Crippen molar-refractivity contribution in [3.63, 3.8) is 0 Å². The molecule has 0 amide bonds. The fraction of sp³-hybridized carbons (Fsp3) is 0.667. The molecule has 1 aliphatic carbocycles. The zero-order chi connectivity index (χ0) is 14.1. The number of halogens is 3. The summed E-state index contributed by atoms with van der Waals surface area (Å²) in [6.07, 6.45) is -1.76. The van der Waals surface area contributed by atoms with Gasteiger partial charge in [0.25, 0.3) is 0 Å². The molecule has 7 heteroatoms. The van der Waals surface area contributed by atoms with Crippen molar-refractivity contribution in [3.8, 4) is 0 Å². The predicted molar refractivity (Wildman–Crippen MR) is 78.2 cm³/mol. The molecule has 118 valence electrons. The first kappa shape index (κ1) is 27.6. The van der Waals surface area contributed by atoms with Crippen molar-refractivity contribution >= 4 is 7.92 Å². The maximum absolute atomic E-state index is 12.0. The molecule has 2 atom stereocenters. The third-order valence-electron chi connectivity index (χ3n) is 1.51. The molecule has 2 nitrogen and oxygen atoms in total. The summed E-state index contributed by atoms with van der Waals surface area (Å²) in [4.78, 5) is 7.25. The van der Waals surface area contributed by atoms with Gasteiger partial charge in [-0.05, 0) is 27.2 Å². The summed E-state index contributed by atoms with van der Waals surface area (Å²) in [5.41, 5.74) is 5.75. The standard InChI is InChI=1S/C7H9F3.C3H9P.2CH3.NO.W/c8-7(9,10)6-4-2-1-3-5-6;1-4(2)3;;;1-2;/h2,4,6H,1,3,5H2;1-3H3;2*1H3;;/q;;3*-1;/p+1/t6-;;;;;/m1...../s1/i3D;;;;;/t3-,6+;;;;;/m0...... The van der Waals surface area contributed by atoms with Crippen LogP contribution in [0.2, 0.25) is 0 Å². The van der Waals surface area contributed by atoms with Crippen LogP contribution in [0.4, 0.5) is 13.2 Å². The Balaban J connectivity index is -0.0000000733. The van der Waals surface area contributed by atoms with E-state index in [1.165, 1.54) is 6.08 Å². The topological polar surface area (TPSA) is 39.4 Å². The Hall–Kier alpha value is 0.248. The number of rotatable bonds is 0. The molecule has 0 aromatic carbocycles. The second-order valence-corrected chi connectivity index (χ2v) is 6.84. The van der Waals surface area contributed by atoms with Gasteiger partial charge in [0.05, 0.1) is 5.92 Å². The second kappa shape index (κ2) is 18.2. The maximum Gasteiger partial charge on any atom is 0.395 e. The summed E-state index contributed by atoms with van der Waals surface area (Å²) < 4.78 is 43.1. The SMILES string of the molecule is C[PH+](C)C.[2H][C@H]1CC=C[C@@H](C(F)(F)F)C1.[CH3-].[CH3-].[N-]=O.[W]. The van der Waals surface area contributed by atoms with Crippen LogP contribution in [0.25, 0.3) is 5.59 Å². The molecule has 0 radical (unpaired) electrons. The quantitative estimate of drug-likeness (QED) is 0.271. The summed E-state index contributed by atoms with van der Waals surface area (Å²) in [5.74, 6) is -1.39. The van der Waals surface area contributed by atoms with Crippen molar-refractivity contribution in [2.75, 3.05) is 20.0 Å². The largest absolute Gasteiger partial charge is 0.577 e. The molecule has 19 heavy (non-hydrogen) atoms. The Morgan fingerprint density at radius 3 is 1.84 bits per heavy atom. The molecule has 0 aromatic rings. The molecule has 0 aromatic heterocycles. The molecule has 0 aliphatic heterocycles. The van der Waals surface area contributed by atoms with Crippen molar-refractivity contribution in [1.29, 1.82) is 0 Å². The molecule has 1 rings (SSSR count). The van der Waals surface area contributed by atoms with Gasteiger partial charge in [-0.25, -0.2) is 0 Å². The van der Waals surface area contributed by atoms with Gasteiger partial charge in [-0.1, -0.05) is 12.2 Å². The van der Waals surface area contributed by atoms with Crippen molar-refractivity contribution in [2.24, 2.45) is 5.92 Å². The fourth-order valence-electron chi connectivity index (χ4n) is 0.936. The van der Waals surface area contributed by atoms with Gasteiger partial charge in [0.1, 0.15) is 0 Å². The summed E-state index contributed by atoms with van der Waals surface area (Å²) in [7, 11) is 0.120. The van der Waals surface area contributed by atoms with E-state index in [0.29, 0.717) is 6.42 Å². The zero-order valence-corrected chi connectivity index (χ0v) is 16.1. The number of hydrogen-bond acceptors (Lipinski definition) is 1. The van der Waals surface area contributed by atoms with E-state index in [4.69, 9.17) is 11.9 Å². The van der Waals surface area contributed by atoms with Crippen LogP contribution in [0.3, 0.4) is 0 Å². The van der Waals surface area contributed by atoms with Gasteiger partial charge in [-0.2, -0.15) is 13.2 Å². The minimum Gasteiger partial charge on any atom is -0.577 e. The second-order valence-electron chi connectivity index (χ2n) is 3.84. The van der Waals surface area contributed by atoms with Gasteiger partial charge in [-0.3, -0.25) is 0 Å². The Labute approximate surface area is 132 Å². The maximum atomic E-state index is 12.0. The molecule has 0 N–H and O–H groups in total. The van der Waals surface area contributed by atoms with Crippen LogP contribution in [0.1, 0.15) is 20.6 Å². The first-order valence-corrected chi connectivity index (χ1v) is 7.84. The number of nitrogens with zero attached hydrogens (tertiary/aromatic N) is 1. The molecule has 0 saturated heterocycles. The monoisotopic (exact) mass is 472 g/mol. The van der Waals surface area contributed by atoms with Crippen LogP contribution < -0.4 is 0 Å². The van der Waals surface area contributed by atoms with Gasteiger partial charge < -0.3 is 25.4 Å². The van der Waals surface area contributed by atoms with Crippen LogP contribution in [0, 0.1) is 25.7 Å². The molecule has 0 saturated carbocycles. The van der Waals surface area contributed by atoms with Crippen molar-refractivity contribution in [1.82, 2.24) is 0 Å². The predicted octanol–water partition coefficient (Wildman–Crippen LogP) is 5.22. The molecule has 0 spiro atoms. The van der Waals surface area contributed by atoms with Gasteiger partial charge in [-0.15, -0.1) is 0 Å². The van der Waals surface area contributed by atoms with E-state index >= 15 is 0 Å². The fourth-order valence-corrected chi connectivity index (χ4v) is 0.936. The van der Waals surface area contributed by atoms with E-state index in [0.717, 1.165) is 6.08 Å². The summed E-state index contributed by atoms with van der Waals surface area (Å²) in [6, 6.07) is 0. The minimum atomic E-state index is -4.16. The Morgan fingerprint density at radius 2 is 1.63 bits per heavy atom. The normalized spacial score (nSPS) is 20.9. The van der Waals surface area contributed by atoms with Crippen LogP contribution in [-0.2, 0) is 21.1 Å². The Bertz CT molecular complexity index is 228. The number of hydrogen-bond donors (Lipinski definition) is 0. The summed E-state index contributed by atoms with van der Waals surface area (Å²) >= 11 is 0. The van der Waals surface area contributed by atoms with E-state index in [9.17, 15) is 13.2 Å². The zero-order valence-electron chi connectivity index (χ0n) is 13.1. The first-order chi connectivity index (χ1) is 7.73. The van der Waals surface area contributed by atoms with Gasteiger partial charge in [0.2, 0.25) is 0 Å². The Morgan fingerprint density at radius 1 is 1.26 bits per heavy atom. The number of allylic oxidation sites excluding steroid dienone is 2. The Kier molecular flexibility index (Phi) is 26.5. The van der Waals surface area contributed by atoms with E-state index in [1.54, 1.807) is 0 Å². The number of alkyl halides is 3.